The molecule has 1 aromatic heterocycles. The first kappa shape index (κ1) is 13.9. The number of aliphatic hydroxyl groups excluding tert-OH is 1. The Labute approximate surface area is 112 Å². The second-order valence-corrected chi connectivity index (χ2v) is 5.24. The lowest BCUT2D eigenvalue weighted by molar-refractivity contribution is 0.0715. The maximum absolute atomic E-state index is 13.4. The Balaban J connectivity index is 1.98. The van der Waals surface area contributed by atoms with Crippen LogP contribution in [0.15, 0.2) is 18.3 Å². The Bertz CT molecular complexity index is 445. The molecule has 0 aromatic carbocycles. The van der Waals surface area contributed by atoms with Crippen LogP contribution in [0, 0.1) is 11.4 Å². The summed E-state index contributed by atoms with van der Waals surface area (Å²) in [7, 11) is 0. The fraction of sp³-hybridized carbons (Fsp3) is 0.571. The standard InChI is InChI=1S/C14H19FN2O2/c15-12-11(5-4-8-16-12)13(19)17-9-14(10-18)6-2-1-3-7-14/h4-5,8,18H,1-3,6-7,9-10H2,(H,17,19). The van der Waals surface area contributed by atoms with Crippen LogP contribution in [0.4, 0.5) is 4.39 Å². The molecule has 2 N–H and O–H groups in total. The van der Waals surface area contributed by atoms with Crippen molar-refractivity contribution in [2.45, 2.75) is 32.1 Å². The van der Waals surface area contributed by atoms with E-state index in [1.165, 1.54) is 24.8 Å². The minimum atomic E-state index is -0.762. The lowest BCUT2D eigenvalue weighted by Crippen LogP contribution is -2.41. The monoisotopic (exact) mass is 266 g/mol. The van der Waals surface area contributed by atoms with E-state index in [1.54, 1.807) is 0 Å². The number of aromatic nitrogens is 1. The van der Waals surface area contributed by atoms with Crippen molar-refractivity contribution in [2.24, 2.45) is 5.41 Å². The molecule has 5 heteroatoms. The summed E-state index contributed by atoms with van der Waals surface area (Å²) in [6.45, 7) is 0.444. The minimum Gasteiger partial charge on any atom is -0.396 e. The number of hydrogen-bond donors (Lipinski definition) is 2. The van der Waals surface area contributed by atoms with Gasteiger partial charge in [0.25, 0.3) is 5.91 Å². The molecule has 1 fully saturated rings. The Morgan fingerprint density at radius 1 is 1.42 bits per heavy atom. The summed E-state index contributed by atoms with van der Waals surface area (Å²) in [5, 5.41) is 12.3. The summed E-state index contributed by atoms with van der Waals surface area (Å²) in [4.78, 5) is 15.3. The first-order valence-electron chi connectivity index (χ1n) is 6.66. The molecule has 19 heavy (non-hydrogen) atoms. The van der Waals surface area contributed by atoms with Gasteiger partial charge in [-0.15, -0.1) is 0 Å². The summed E-state index contributed by atoms with van der Waals surface area (Å²) in [5.41, 5.74) is -0.293. The number of nitrogens with zero attached hydrogens (tertiary/aromatic N) is 1. The van der Waals surface area contributed by atoms with Gasteiger partial charge in [0.2, 0.25) is 5.95 Å². The Morgan fingerprint density at radius 2 is 2.16 bits per heavy atom. The molecule has 1 saturated carbocycles. The molecule has 2 rings (SSSR count). The molecular weight excluding hydrogens is 247 g/mol. The molecule has 0 spiro atoms. The topological polar surface area (TPSA) is 62.2 Å². The van der Waals surface area contributed by atoms with Gasteiger partial charge in [-0.2, -0.15) is 4.39 Å². The number of carbonyl (C=O) groups is 1. The molecule has 0 bridgehead atoms. The van der Waals surface area contributed by atoms with Gasteiger partial charge in [-0.1, -0.05) is 19.3 Å². The molecule has 0 aliphatic heterocycles. The largest absolute Gasteiger partial charge is 0.396 e. The van der Waals surface area contributed by atoms with E-state index < -0.39 is 11.9 Å². The third-order valence-corrected chi connectivity index (χ3v) is 3.88. The van der Waals surface area contributed by atoms with Crippen molar-refractivity contribution in [2.75, 3.05) is 13.2 Å². The SMILES string of the molecule is O=C(NCC1(CO)CCCCC1)c1cccnc1F. The maximum atomic E-state index is 13.4. The fourth-order valence-electron chi connectivity index (χ4n) is 2.61. The van der Waals surface area contributed by atoms with Gasteiger partial charge in [-0.3, -0.25) is 4.79 Å². The molecule has 1 aliphatic rings. The third kappa shape index (κ3) is 3.29. The zero-order chi connectivity index (χ0) is 13.7. The average Bonchev–Trinajstić information content (AvgIpc) is 2.46. The van der Waals surface area contributed by atoms with E-state index in [4.69, 9.17) is 0 Å². The van der Waals surface area contributed by atoms with Crippen molar-refractivity contribution in [3.05, 3.63) is 29.8 Å². The van der Waals surface area contributed by atoms with E-state index in [-0.39, 0.29) is 17.6 Å². The lowest BCUT2D eigenvalue weighted by atomic mass is 9.74. The van der Waals surface area contributed by atoms with E-state index in [2.05, 4.69) is 10.3 Å². The van der Waals surface area contributed by atoms with Crippen molar-refractivity contribution in [3.8, 4) is 0 Å². The quantitative estimate of drug-likeness (QED) is 0.818. The predicted octanol–water partition coefficient (Wildman–Crippen LogP) is 1.89. The third-order valence-electron chi connectivity index (χ3n) is 3.88. The van der Waals surface area contributed by atoms with Crippen LogP contribution in [0.2, 0.25) is 0 Å². The van der Waals surface area contributed by atoms with Crippen LogP contribution in [-0.2, 0) is 0 Å². The highest BCUT2D eigenvalue weighted by atomic mass is 19.1. The van der Waals surface area contributed by atoms with Gasteiger partial charge in [0, 0.05) is 18.2 Å². The van der Waals surface area contributed by atoms with Crippen LogP contribution in [0.1, 0.15) is 42.5 Å². The summed E-state index contributed by atoms with van der Waals surface area (Å²) >= 11 is 0. The van der Waals surface area contributed by atoms with Crippen molar-refractivity contribution < 1.29 is 14.3 Å². The van der Waals surface area contributed by atoms with Gasteiger partial charge >= 0.3 is 0 Å². The smallest absolute Gasteiger partial charge is 0.255 e. The van der Waals surface area contributed by atoms with E-state index >= 15 is 0 Å². The minimum absolute atomic E-state index is 0.0496. The molecule has 4 nitrogen and oxygen atoms in total. The van der Waals surface area contributed by atoms with Gasteiger partial charge in [0.1, 0.15) is 0 Å². The van der Waals surface area contributed by atoms with Gasteiger partial charge in [-0.25, -0.2) is 4.98 Å². The van der Waals surface area contributed by atoms with Gasteiger partial charge in [0.05, 0.1) is 12.2 Å². The molecule has 104 valence electrons. The van der Waals surface area contributed by atoms with Gasteiger partial charge in [-0.05, 0) is 25.0 Å². The number of carbonyl (C=O) groups excluding carboxylic acids is 1. The first-order valence-corrected chi connectivity index (χ1v) is 6.66. The van der Waals surface area contributed by atoms with Crippen molar-refractivity contribution in [3.63, 3.8) is 0 Å². The molecule has 0 saturated heterocycles. The molecular formula is C14H19FN2O2. The van der Waals surface area contributed by atoms with Crippen LogP contribution in [-0.4, -0.2) is 29.1 Å². The Hall–Kier alpha value is -1.49. The van der Waals surface area contributed by atoms with Gasteiger partial charge in [0.15, 0.2) is 0 Å². The van der Waals surface area contributed by atoms with E-state index in [0.29, 0.717) is 6.54 Å². The molecule has 0 atom stereocenters. The van der Waals surface area contributed by atoms with E-state index in [9.17, 15) is 14.3 Å². The zero-order valence-corrected chi connectivity index (χ0v) is 10.9. The summed E-state index contributed by atoms with van der Waals surface area (Å²) < 4.78 is 13.4. The number of pyridine rings is 1. The fourth-order valence-corrected chi connectivity index (χ4v) is 2.61. The van der Waals surface area contributed by atoms with Crippen LogP contribution in [0.3, 0.4) is 0 Å². The number of halogens is 1. The second kappa shape index (κ2) is 6.10. The van der Waals surface area contributed by atoms with Crippen LogP contribution in [0.5, 0.6) is 0 Å². The normalized spacial score (nSPS) is 18.0. The molecule has 1 aliphatic carbocycles. The molecule has 1 aromatic rings. The summed E-state index contributed by atoms with van der Waals surface area (Å²) in [6.07, 6.45) is 6.42. The number of hydrogen-bond acceptors (Lipinski definition) is 3. The van der Waals surface area contributed by atoms with Crippen LogP contribution < -0.4 is 5.32 Å². The summed E-state index contributed by atoms with van der Waals surface area (Å²) in [5.74, 6) is -1.23. The highest BCUT2D eigenvalue weighted by Gasteiger charge is 2.32. The number of aliphatic hydroxyl groups is 1. The highest BCUT2D eigenvalue weighted by molar-refractivity contribution is 5.94. The van der Waals surface area contributed by atoms with Crippen molar-refractivity contribution >= 4 is 5.91 Å². The molecule has 1 heterocycles. The number of amides is 1. The number of rotatable bonds is 4. The number of nitrogens with one attached hydrogen (secondary N) is 1. The first-order chi connectivity index (χ1) is 9.17. The molecule has 0 unspecified atom stereocenters. The predicted molar refractivity (Wildman–Crippen MR) is 69.1 cm³/mol. The summed E-state index contributed by atoms with van der Waals surface area (Å²) in [6, 6.07) is 2.94. The highest BCUT2D eigenvalue weighted by Crippen LogP contribution is 2.35. The molecule has 0 radical (unpaired) electrons. The van der Waals surface area contributed by atoms with Crippen molar-refractivity contribution in [1.29, 1.82) is 0 Å². The molecule has 1 amide bonds. The average molecular weight is 266 g/mol. The Kier molecular flexibility index (Phi) is 4.47. The maximum Gasteiger partial charge on any atom is 0.255 e. The van der Waals surface area contributed by atoms with Crippen molar-refractivity contribution in [1.82, 2.24) is 10.3 Å². The van der Waals surface area contributed by atoms with E-state index in [0.717, 1.165) is 25.7 Å². The Morgan fingerprint density at radius 3 is 2.79 bits per heavy atom. The van der Waals surface area contributed by atoms with Crippen LogP contribution >= 0.6 is 0 Å². The van der Waals surface area contributed by atoms with Crippen LogP contribution in [0.25, 0.3) is 0 Å². The zero-order valence-electron chi connectivity index (χ0n) is 10.9. The lowest BCUT2D eigenvalue weighted by Gasteiger charge is -2.35. The van der Waals surface area contributed by atoms with Gasteiger partial charge < -0.3 is 10.4 Å². The van der Waals surface area contributed by atoms with E-state index in [1.807, 2.05) is 0 Å². The second-order valence-electron chi connectivity index (χ2n) is 5.24.